The van der Waals surface area contributed by atoms with E-state index < -0.39 is 40.5 Å². The van der Waals surface area contributed by atoms with Crippen molar-refractivity contribution in [1.82, 2.24) is 4.98 Å². The molecule has 19 heavy (non-hydrogen) atoms. The first-order chi connectivity index (χ1) is 8.88. The monoisotopic (exact) mass is 276 g/mol. The summed E-state index contributed by atoms with van der Waals surface area (Å²) in [6.45, 7) is 1.62. The molecule has 1 rings (SSSR count). The molecule has 0 fully saturated rings. The minimum absolute atomic E-state index is 0.0773. The van der Waals surface area contributed by atoms with Crippen LogP contribution in [0.3, 0.4) is 0 Å². The van der Waals surface area contributed by atoms with E-state index in [1.54, 1.807) is 6.92 Å². The SMILES string of the molecule is CCOC(=O)Cc1c[nH]c(C(F)F)c([N+](=O)[O-])c1=O. The Balaban J connectivity index is 3.24. The minimum atomic E-state index is -3.19. The van der Waals surface area contributed by atoms with Crippen molar-refractivity contribution in [1.29, 1.82) is 0 Å². The van der Waals surface area contributed by atoms with Gasteiger partial charge in [0.2, 0.25) is 0 Å². The smallest absolute Gasteiger partial charge is 0.341 e. The number of rotatable bonds is 5. The molecular weight excluding hydrogens is 266 g/mol. The minimum Gasteiger partial charge on any atom is -0.466 e. The first-order valence-corrected chi connectivity index (χ1v) is 5.21. The fraction of sp³-hybridized carbons (Fsp3) is 0.400. The van der Waals surface area contributed by atoms with Crippen LogP contribution in [0.2, 0.25) is 0 Å². The van der Waals surface area contributed by atoms with Crippen molar-refractivity contribution in [2.45, 2.75) is 19.8 Å². The molecule has 0 aliphatic rings. The van der Waals surface area contributed by atoms with Gasteiger partial charge in [-0.3, -0.25) is 19.7 Å². The number of hydrogen-bond acceptors (Lipinski definition) is 5. The molecule has 1 aromatic heterocycles. The van der Waals surface area contributed by atoms with E-state index in [0.29, 0.717) is 0 Å². The number of H-pyrrole nitrogens is 1. The van der Waals surface area contributed by atoms with Crippen molar-refractivity contribution in [3.8, 4) is 0 Å². The normalized spacial score (nSPS) is 10.5. The Morgan fingerprint density at radius 3 is 2.68 bits per heavy atom. The van der Waals surface area contributed by atoms with Gasteiger partial charge >= 0.3 is 11.7 Å². The molecule has 9 heteroatoms. The second-order valence-electron chi connectivity index (χ2n) is 3.44. The second kappa shape index (κ2) is 6.03. The molecule has 0 aliphatic heterocycles. The van der Waals surface area contributed by atoms with Gasteiger partial charge in [-0.25, -0.2) is 8.78 Å². The van der Waals surface area contributed by atoms with Crippen molar-refractivity contribution in [3.05, 3.63) is 37.8 Å². The summed E-state index contributed by atoms with van der Waals surface area (Å²) in [7, 11) is 0. The number of carbonyl (C=O) groups is 1. The van der Waals surface area contributed by atoms with E-state index in [1.807, 2.05) is 4.98 Å². The third kappa shape index (κ3) is 3.33. The van der Waals surface area contributed by atoms with E-state index in [9.17, 15) is 28.5 Å². The van der Waals surface area contributed by atoms with Gasteiger partial charge in [0.1, 0.15) is 0 Å². The Morgan fingerprint density at radius 1 is 1.58 bits per heavy atom. The number of pyridine rings is 1. The number of hydrogen-bond donors (Lipinski definition) is 1. The highest BCUT2D eigenvalue weighted by atomic mass is 19.3. The Hall–Kier alpha value is -2.32. The van der Waals surface area contributed by atoms with Gasteiger partial charge in [0.25, 0.3) is 11.9 Å². The predicted molar refractivity (Wildman–Crippen MR) is 59.0 cm³/mol. The predicted octanol–water partition coefficient (Wildman–Crippen LogP) is 1.33. The van der Waals surface area contributed by atoms with Gasteiger partial charge in [-0.05, 0) is 6.92 Å². The third-order valence-corrected chi connectivity index (χ3v) is 2.20. The van der Waals surface area contributed by atoms with Crippen molar-refractivity contribution >= 4 is 11.7 Å². The summed E-state index contributed by atoms with van der Waals surface area (Å²) in [6.07, 6.45) is -2.86. The van der Waals surface area contributed by atoms with Crippen LogP contribution in [0.1, 0.15) is 24.6 Å². The lowest BCUT2D eigenvalue weighted by molar-refractivity contribution is -0.387. The van der Waals surface area contributed by atoms with Gasteiger partial charge in [-0.1, -0.05) is 0 Å². The molecule has 104 valence electrons. The lowest BCUT2D eigenvalue weighted by atomic mass is 10.1. The molecule has 0 radical (unpaired) electrons. The van der Waals surface area contributed by atoms with Crippen LogP contribution in [0.25, 0.3) is 0 Å². The maximum Gasteiger partial charge on any atom is 0.341 e. The van der Waals surface area contributed by atoms with Crippen molar-refractivity contribution in [3.63, 3.8) is 0 Å². The molecule has 0 saturated carbocycles. The van der Waals surface area contributed by atoms with Crippen LogP contribution in [0, 0.1) is 10.1 Å². The molecule has 0 bridgehead atoms. The molecule has 0 spiro atoms. The molecular formula is C10H10F2N2O5. The van der Waals surface area contributed by atoms with E-state index in [0.717, 1.165) is 6.20 Å². The van der Waals surface area contributed by atoms with Gasteiger partial charge in [0.05, 0.1) is 18.0 Å². The van der Waals surface area contributed by atoms with Crippen molar-refractivity contribution in [2.75, 3.05) is 6.61 Å². The number of nitro groups is 1. The summed E-state index contributed by atoms with van der Waals surface area (Å²) in [5, 5.41) is 10.6. The molecule has 1 aromatic rings. The molecule has 0 amide bonds. The Morgan fingerprint density at radius 2 is 2.21 bits per heavy atom. The largest absolute Gasteiger partial charge is 0.466 e. The highest BCUT2D eigenvalue weighted by molar-refractivity contribution is 5.72. The highest BCUT2D eigenvalue weighted by Gasteiger charge is 2.28. The van der Waals surface area contributed by atoms with Crippen LogP contribution in [0.5, 0.6) is 0 Å². The average Bonchev–Trinajstić information content (AvgIpc) is 2.30. The third-order valence-electron chi connectivity index (χ3n) is 2.20. The van der Waals surface area contributed by atoms with E-state index in [2.05, 4.69) is 4.74 Å². The highest BCUT2D eigenvalue weighted by Crippen LogP contribution is 2.23. The number of nitrogens with one attached hydrogen (secondary N) is 1. The fourth-order valence-corrected chi connectivity index (χ4v) is 1.42. The lowest BCUT2D eigenvalue weighted by Gasteiger charge is -2.05. The van der Waals surface area contributed by atoms with Gasteiger partial charge < -0.3 is 9.72 Å². The number of alkyl halides is 2. The van der Waals surface area contributed by atoms with Crippen LogP contribution >= 0.6 is 0 Å². The van der Waals surface area contributed by atoms with Gasteiger partial charge in [0.15, 0.2) is 5.69 Å². The van der Waals surface area contributed by atoms with Crippen LogP contribution in [-0.2, 0) is 16.0 Å². The van der Waals surface area contributed by atoms with Crippen LogP contribution in [0.4, 0.5) is 14.5 Å². The molecule has 0 unspecified atom stereocenters. The quantitative estimate of drug-likeness (QED) is 0.496. The molecule has 0 aromatic carbocycles. The molecule has 0 aliphatic carbocycles. The molecule has 1 N–H and O–H groups in total. The van der Waals surface area contributed by atoms with Crippen LogP contribution in [0.15, 0.2) is 11.0 Å². The van der Waals surface area contributed by atoms with E-state index in [4.69, 9.17) is 0 Å². The summed E-state index contributed by atoms with van der Waals surface area (Å²) >= 11 is 0. The molecule has 7 nitrogen and oxygen atoms in total. The number of halogens is 2. The number of carbonyl (C=O) groups excluding carboxylic acids is 1. The van der Waals surface area contributed by atoms with Crippen LogP contribution < -0.4 is 5.43 Å². The maximum absolute atomic E-state index is 12.5. The van der Waals surface area contributed by atoms with E-state index in [-0.39, 0.29) is 12.2 Å². The van der Waals surface area contributed by atoms with E-state index in [1.165, 1.54) is 0 Å². The standard InChI is InChI=1S/C10H10F2N2O5/c1-2-19-6(15)3-5-4-13-7(10(11)12)8(9(5)16)14(17)18/h4,10H,2-3H2,1H3,(H,13,16). The van der Waals surface area contributed by atoms with Crippen molar-refractivity contribution in [2.24, 2.45) is 0 Å². The molecule has 1 heterocycles. The summed E-state index contributed by atoms with van der Waals surface area (Å²) in [6, 6.07) is 0. The number of nitrogens with zero attached hydrogens (tertiary/aromatic N) is 1. The number of esters is 1. The summed E-state index contributed by atoms with van der Waals surface area (Å²) in [5.74, 6) is -0.771. The Labute approximate surface area is 105 Å². The Kier molecular flexibility index (Phi) is 4.67. The number of aromatic amines is 1. The van der Waals surface area contributed by atoms with Gasteiger partial charge in [0, 0.05) is 11.8 Å². The van der Waals surface area contributed by atoms with E-state index >= 15 is 0 Å². The molecule has 0 atom stereocenters. The topological polar surface area (TPSA) is 102 Å². The summed E-state index contributed by atoms with van der Waals surface area (Å²) < 4.78 is 29.6. The van der Waals surface area contributed by atoms with Crippen molar-refractivity contribution < 1.29 is 23.2 Å². The summed E-state index contributed by atoms with van der Waals surface area (Å²) in [5.41, 5.74) is -3.85. The van der Waals surface area contributed by atoms with Gasteiger partial charge in [-0.15, -0.1) is 0 Å². The first kappa shape index (κ1) is 14.7. The zero-order valence-electron chi connectivity index (χ0n) is 9.81. The average molecular weight is 276 g/mol. The second-order valence-corrected chi connectivity index (χ2v) is 3.44. The number of aromatic nitrogens is 1. The Bertz CT molecular complexity index is 555. The first-order valence-electron chi connectivity index (χ1n) is 5.21. The summed E-state index contributed by atoms with van der Waals surface area (Å²) in [4.78, 5) is 34.3. The zero-order chi connectivity index (χ0) is 14.6. The number of ether oxygens (including phenoxy) is 1. The zero-order valence-corrected chi connectivity index (χ0v) is 9.81. The fourth-order valence-electron chi connectivity index (χ4n) is 1.42. The van der Waals surface area contributed by atoms with Gasteiger partial charge in [-0.2, -0.15) is 0 Å². The van der Waals surface area contributed by atoms with Crippen LogP contribution in [-0.4, -0.2) is 22.5 Å². The molecule has 0 saturated heterocycles. The lowest BCUT2D eigenvalue weighted by Crippen LogP contribution is -2.20. The maximum atomic E-state index is 12.5.